The molecule has 0 aliphatic heterocycles. The molecule has 0 radical (unpaired) electrons. The fourth-order valence-electron chi connectivity index (χ4n) is 5.16. The molecule has 2 N–H and O–H groups in total. The summed E-state index contributed by atoms with van der Waals surface area (Å²) in [6, 6.07) is 27.8. The minimum Gasteiger partial charge on any atom is -0.464 e. The number of alkyl carbamates (subject to hydrolysis) is 1. The lowest BCUT2D eigenvalue weighted by atomic mass is 10.1. The average Bonchev–Trinajstić information content (AvgIpc) is 3.01. The molecule has 45 heavy (non-hydrogen) atoms. The van der Waals surface area contributed by atoms with Crippen LogP contribution in [0.5, 0.6) is 0 Å². The first-order chi connectivity index (χ1) is 21.3. The third-order valence-corrected chi connectivity index (χ3v) is 14.1. The van der Waals surface area contributed by atoms with Gasteiger partial charge in [-0.1, -0.05) is 112 Å². The largest absolute Gasteiger partial charge is 0.464 e. The van der Waals surface area contributed by atoms with Gasteiger partial charge >= 0.3 is 12.1 Å². The molecule has 0 aliphatic rings. The maximum atomic E-state index is 13.4. The standard InChI is InChI=1S/C35H48N2O6SSi/c1-8-41-32(38)31(36-33(39)42-26-27-18-12-9-13-19-27)30(37-44(40)34(2,3)4)24-25-43-45(35(5,6)7,28-20-14-10-15-21-28)29-22-16-11-17-23-29/h9-23,30-31,37H,8,24-26H2,1-7H3,(H,36,39)/t30?,31-,44-/m0/s1. The molecule has 1 amide bonds. The second-order valence-corrected chi connectivity index (χ2v) is 19.1. The molecule has 0 heterocycles. The van der Waals surface area contributed by atoms with Crippen molar-refractivity contribution in [3.63, 3.8) is 0 Å². The van der Waals surface area contributed by atoms with Crippen LogP contribution in [-0.2, 0) is 36.3 Å². The van der Waals surface area contributed by atoms with Gasteiger partial charge in [0.1, 0.15) is 12.6 Å². The summed E-state index contributed by atoms with van der Waals surface area (Å²) in [6.45, 7) is 14.2. The van der Waals surface area contributed by atoms with Crippen LogP contribution in [0.2, 0.25) is 5.04 Å². The molecule has 0 spiro atoms. The summed E-state index contributed by atoms with van der Waals surface area (Å²) in [6.07, 6.45) is -0.521. The lowest BCUT2D eigenvalue weighted by Gasteiger charge is -2.43. The Morgan fingerprint density at radius 1 is 0.800 bits per heavy atom. The maximum absolute atomic E-state index is 13.4. The Bertz CT molecular complexity index is 1340. The van der Waals surface area contributed by atoms with Gasteiger partial charge in [0.25, 0.3) is 8.32 Å². The number of esters is 1. The van der Waals surface area contributed by atoms with Crippen LogP contribution in [-0.4, -0.2) is 54.6 Å². The Labute approximate surface area is 272 Å². The molecule has 0 aromatic heterocycles. The van der Waals surface area contributed by atoms with Crippen molar-refractivity contribution in [3.8, 4) is 0 Å². The van der Waals surface area contributed by atoms with Crippen molar-refractivity contribution in [2.75, 3.05) is 13.2 Å². The number of benzene rings is 3. The minimum atomic E-state index is -2.88. The van der Waals surface area contributed by atoms with E-state index in [0.29, 0.717) is 0 Å². The van der Waals surface area contributed by atoms with E-state index in [4.69, 9.17) is 13.9 Å². The van der Waals surface area contributed by atoms with E-state index in [-0.39, 0.29) is 31.3 Å². The highest BCUT2D eigenvalue weighted by Crippen LogP contribution is 2.37. The predicted octanol–water partition coefficient (Wildman–Crippen LogP) is 5.23. The van der Waals surface area contributed by atoms with Crippen LogP contribution in [0.4, 0.5) is 4.79 Å². The van der Waals surface area contributed by atoms with Crippen molar-refractivity contribution in [1.29, 1.82) is 0 Å². The first kappa shape index (κ1) is 36.2. The first-order valence-corrected chi connectivity index (χ1v) is 18.4. The molecule has 3 aromatic carbocycles. The highest BCUT2D eigenvalue weighted by molar-refractivity contribution is 7.84. The molecule has 0 aliphatic carbocycles. The van der Waals surface area contributed by atoms with E-state index in [0.717, 1.165) is 15.9 Å². The lowest BCUT2D eigenvalue weighted by Crippen LogP contribution is -2.67. The van der Waals surface area contributed by atoms with Gasteiger partial charge in [0.15, 0.2) is 0 Å². The predicted molar refractivity (Wildman–Crippen MR) is 183 cm³/mol. The van der Waals surface area contributed by atoms with E-state index in [9.17, 15) is 13.8 Å². The molecule has 0 saturated carbocycles. The van der Waals surface area contributed by atoms with Gasteiger partial charge < -0.3 is 19.2 Å². The Kier molecular flexibility index (Phi) is 13.1. The van der Waals surface area contributed by atoms with Gasteiger partial charge in [-0.25, -0.2) is 18.5 Å². The number of hydrogen-bond donors (Lipinski definition) is 2. The summed E-state index contributed by atoms with van der Waals surface area (Å²) in [5.41, 5.74) is 0.808. The zero-order valence-electron chi connectivity index (χ0n) is 27.5. The van der Waals surface area contributed by atoms with Crippen LogP contribution in [0, 0.1) is 0 Å². The van der Waals surface area contributed by atoms with Crippen LogP contribution < -0.4 is 20.4 Å². The van der Waals surface area contributed by atoms with Crippen molar-refractivity contribution >= 4 is 41.7 Å². The second kappa shape index (κ2) is 16.3. The minimum absolute atomic E-state index is 0.0329. The van der Waals surface area contributed by atoms with Crippen LogP contribution in [0.25, 0.3) is 0 Å². The van der Waals surface area contributed by atoms with Gasteiger partial charge in [0.05, 0.1) is 28.4 Å². The van der Waals surface area contributed by atoms with Gasteiger partial charge in [-0.15, -0.1) is 0 Å². The normalized spacial score (nSPS) is 14.2. The number of rotatable bonds is 14. The average molecular weight is 653 g/mol. The Balaban J connectivity index is 1.94. The van der Waals surface area contributed by atoms with E-state index < -0.39 is 48.2 Å². The number of carbonyl (C=O) groups excluding carboxylic acids is 2. The highest BCUT2D eigenvalue weighted by Gasteiger charge is 2.50. The molecule has 3 aromatic rings. The van der Waals surface area contributed by atoms with Crippen molar-refractivity contribution in [2.45, 2.75) is 83.4 Å². The molecule has 8 nitrogen and oxygen atoms in total. The van der Waals surface area contributed by atoms with Crippen LogP contribution in [0.1, 0.15) is 60.5 Å². The SMILES string of the molecule is CCOC(=O)[C@@H](NC(=O)OCc1ccccc1)C(CCO[Si](c1ccccc1)(c1ccccc1)C(C)(C)C)N[S@@](=O)C(C)(C)C. The van der Waals surface area contributed by atoms with Gasteiger partial charge in [-0.2, -0.15) is 0 Å². The molecule has 0 bridgehead atoms. The van der Waals surface area contributed by atoms with Crippen molar-refractivity contribution in [3.05, 3.63) is 96.6 Å². The molecular weight excluding hydrogens is 605 g/mol. The molecule has 3 atom stereocenters. The number of nitrogens with one attached hydrogen (secondary N) is 2. The summed E-state index contributed by atoms with van der Waals surface area (Å²) in [4.78, 5) is 26.3. The van der Waals surface area contributed by atoms with Gasteiger partial charge in [0.2, 0.25) is 0 Å². The zero-order chi connectivity index (χ0) is 33.1. The highest BCUT2D eigenvalue weighted by atomic mass is 32.2. The van der Waals surface area contributed by atoms with Gasteiger partial charge in [-0.05, 0) is 55.1 Å². The lowest BCUT2D eigenvalue weighted by molar-refractivity contribution is -0.146. The summed E-state index contributed by atoms with van der Waals surface area (Å²) < 4.78 is 33.8. The van der Waals surface area contributed by atoms with E-state index in [2.05, 4.69) is 55.1 Å². The Morgan fingerprint density at radius 2 is 1.31 bits per heavy atom. The van der Waals surface area contributed by atoms with Crippen LogP contribution in [0.3, 0.4) is 0 Å². The summed E-state index contributed by atoms with van der Waals surface area (Å²) in [7, 11) is -4.45. The molecule has 244 valence electrons. The number of amides is 1. The fourth-order valence-corrected chi connectivity index (χ4v) is 10.6. The first-order valence-electron chi connectivity index (χ1n) is 15.4. The Hall–Kier alpha value is -3.31. The molecule has 0 saturated heterocycles. The van der Waals surface area contributed by atoms with E-state index >= 15 is 0 Å². The zero-order valence-corrected chi connectivity index (χ0v) is 29.3. The third kappa shape index (κ3) is 9.84. The van der Waals surface area contributed by atoms with E-state index in [1.54, 1.807) is 6.92 Å². The van der Waals surface area contributed by atoms with Crippen molar-refractivity contribution in [2.24, 2.45) is 0 Å². The smallest absolute Gasteiger partial charge is 0.408 e. The third-order valence-electron chi connectivity index (χ3n) is 7.41. The molecule has 10 heteroatoms. The molecule has 0 fully saturated rings. The summed E-state index contributed by atoms with van der Waals surface area (Å²) in [5, 5.41) is 4.68. The monoisotopic (exact) mass is 652 g/mol. The van der Waals surface area contributed by atoms with Gasteiger partial charge in [-0.3, -0.25) is 0 Å². The van der Waals surface area contributed by atoms with E-state index in [1.165, 1.54) is 0 Å². The number of carbonyl (C=O) groups is 2. The number of hydrogen-bond acceptors (Lipinski definition) is 6. The number of ether oxygens (including phenoxy) is 2. The fraction of sp³-hybridized carbons (Fsp3) is 0.429. The summed E-state index contributed by atoms with van der Waals surface area (Å²) >= 11 is 0. The molecule has 1 unspecified atom stereocenters. The summed E-state index contributed by atoms with van der Waals surface area (Å²) in [5.74, 6) is -0.650. The van der Waals surface area contributed by atoms with Crippen LogP contribution >= 0.6 is 0 Å². The van der Waals surface area contributed by atoms with Crippen molar-refractivity contribution < 1.29 is 27.7 Å². The quantitative estimate of drug-likeness (QED) is 0.183. The topological polar surface area (TPSA) is 103 Å². The maximum Gasteiger partial charge on any atom is 0.408 e. The van der Waals surface area contributed by atoms with Crippen LogP contribution in [0.15, 0.2) is 91.0 Å². The second-order valence-electron chi connectivity index (χ2n) is 12.8. The van der Waals surface area contributed by atoms with E-state index in [1.807, 2.05) is 87.5 Å². The Morgan fingerprint density at radius 3 is 1.78 bits per heavy atom. The molecule has 3 rings (SSSR count). The van der Waals surface area contributed by atoms with Crippen molar-refractivity contribution in [1.82, 2.24) is 10.0 Å². The van der Waals surface area contributed by atoms with Gasteiger partial charge in [0, 0.05) is 6.61 Å². The molecular formula is C35H48N2O6SSi.